The van der Waals surface area contributed by atoms with Crippen LogP contribution < -0.4 is 20.3 Å². The molecule has 0 heterocycles. The second kappa shape index (κ2) is 10.7. The van der Waals surface area contributed by atoms with Gasteiger partial charge < -0.3 is 25.0 Å². The number of anilines is 2. The molecule has 8 nitrogen and oxygen atoms in total. The Bertz CT molecular complexity index is 850. The van der Waals surface area contributed by atoms with Crippen molar-refractivity contribution in [3.05, 3.63) is 54.1 Å². The predicted octanol–water partition coefficient (Wildman–Crippen LogP) is 2.06. The Labute approximate surface area is 169 Å². The number of para-hydroxylation sites is 1. The molecule has 8 heteroatoms. The molecular weight excluding hydrogens is 374 g/mol. The molecule has 2 amide bonds. The van der Waals surface area contributed by atoms with Gasteiger partial charge in [-0.3, -0.25) is 14.4 Å². The van der Waals surface area contributed by atoms with Crippen LogP contribution in [0.4, 0.5) is 11.4 Å². The molecular formula is C21H25N3O5. The summed E-state index contributed by atoms with van der Waals surface area (Å²) in [5, 5.41) is 5.28. The lowest BCUT2D eigenvalue weighted by Crippen LogP contribution is -2.28. The molecule has 0 spiro atoms. The van der Waals surface area contributed by atoms with Gasteiger partial charge in [-0.25, -0.2) is 0 Å². The monoisotopic (exact) mass is 399 g/mol. The van der Waals surface area contributed by atoms with Crippen molar-refractivity contribution in [3.63, 3.8) is 0 Å². The molecule has 0 radical (unpaired) electrons. The lowest BCUT2D eigenvalue weighted by atomic mass is 10.2. The largest absolute Gasteiger partial charge is 0.496 e. The molecule has 0 aliphatic rings. The van der Waals surface area contributed by atoms with Gasteiger partial charge in [-0.1, -0.05) is 12.1 Å². The molecule has 0 unspecified atom stereocenters. The Balaban J connectivity index is 1.70. The second-order valence-corrected chi connectivity index (χ2v) is 6.36. The van der Waals surface area contributed by atoms with Crippen LogP contribution in [-0.4, -0.2) is 52.1 Å². The summed E-state index contributed by atoms with van der Waals surface area (Å²) in [4.78, 5) is 37.7. The average Bonchev–Trinajstić information content (AvgIpc) is 2.72. The molecule has 0 saturated heterocycles. The van der Waals surface area contributed by atoms with Gasteiger partial charge in [0.15, 0.2) is 6.61 Å². The topological polar surface area (TPSA) is 97.0 Å². The number of rotatable bonds is 9. The fourth-order valence-electron chi connectivity index (χ4n) is 2.46. The maximum absolute atomic E-state index is 12.1. The van der Waals surface area contributed by atoms with Crippen molar-refractivity contribution in [1.82, 2.24) is 5.32 Å². The first kappa shape index (κ1) is 21.7. The summed E-state index contributed by atoms with van der Waals surface area (Å²) in [6.07, 6.45) is -0.0499. The first-order chi connectivity index (χ1) is 13.9. The molecule has 2 aromatic carbocycles. The van der Waals surface area contributed by atoms with Crippen molar-refractivity contribution in [3.8, 4) is 5.75 Å². The molecule has 0 fully saturated rings. The molecule has 2 rings (SSSR count). The standard InChI is InChI=1S/C21H25N3O5/c1-24(2)16-10-8-15(9-11-16)23-19(25)14-29-20(26)12-13-22-21(27)17-6-4-5-7-18(17)28-3/h4-11H,12-14H2,1-3H3,(H,22,27)(H,23,25). The smallest absolute Gasteiger partial charge is 0.308 e. The average molecular weight is 399 g/mol. The van der Waals surface area contributed by atoms with E-state index in [9.17, 15) is 14.4 Å². The molecule has 0 aliphatic heterocycles. The van der Waals surface area contributed by atoms with E-state index < -0.39 is 18.5 Å². The van der Waals surface area contributed by atoms with Crippen molar-refractivity contribution < 1.29 is 23.9 Å². The maximum Gasteiger partial charge on any atom is 0.308 e. The summed E-state index contributed by atoms with van der Waals surface area (Å²) in [5.41, 5.74) is 1.99. The molecule has 2 N–H and O–H groups in total. The highest BCUT2D eigenvalue weighted by molar-refractivity contribution is 5.97. The van der Waals surface area contributed by atoms with Gasteiger partial charge in [0.25, 0.3) is 11.8 Å². The van der Waals surface area contributed by atoms with Crippen LogP contribution in [0.15, 0.2) is 48.5 Å². The minimum atomic E-state index is -0.580. The van der Waals surface area contributed by atoms with Crippen LogP contribution >= 0.6 is 0 Å². The van der Waals surface area contributed by atoms with E-state index in [-0.39, 0.29) is 18.9 Å². The van der Waals surface area contributed by atoms with Crippen molar-refractivity contribution in [2.45, 2.75) is 6.42 Å². The van der Waals surface area contributed by atoms with E-state index in [1.807, 2.05) is 31.1 Å². The third-order valence-corrected chi connectivity index (χ3v) is 4.00. The number of nitrogens with zero attached hydrogens (tertiary/aromatic N) is 1. The van der Waals surface area contributed by atoms with Crippen molar-refractivity contribution in [2.24, 2.45) is 0 Å². The molecule has 0 saturated carbocycles. The zero-order chi connectivity index (χ0) is 21.2. The summed E-state index contributed by atoms with van der Waals surface area (Å²) in [7, 11) is 5.32. The van der Waals surface area contributed by atoms with E-state index in [0.29, 0.717) is 17.0 Å². The summed E-state index contributed by atoms with van der Waals surface area (Å²) in [5.74, 6) is -0.922. The maximum atomic E-state index is 12.1. The van der Waals surface area contributed by atoms with Crippen molar-refractivity contribution in [1.29, 1.82) is 0 Å². The molecule has 0 aliphatic carbocycles. The minimum absolute atomic E-state index is 0.0499. The molecule has 2 aromatic rings. The number of ether oxygens (including phenoxy) is 2. The van der Waals surface area contributed by atoms with Gasteiger partial charge in [-0.15, -0.1) is 0 Å². The Kier molecular flexibility index (Phi) is 8.02. The van der Waals surface area contributed by atoms with Gasteiger partial charge in [0.2, 0.25) is 0 Å². The first-order valence-electron chi connectivity index (χ1n) is 9.04. The van der Waals surface area contributed by atoms with Crippen LogP contribution in [0.3, 0.4) is 0 Å². The fourth-order valence-corrected chi connectivity index (χ4v) is 2.46. The van der Waals surface area contributed by atoms with Gasteiger partial charge in [0.1, 0.15) is 5.75 Å². The van der Waals surface area contributed by atoms with Crippen LogP contribution in [-0.2, 0) is 14.3 Å². The summed E-state index contributed by atoms with van der Waals surface area (Å²) < 4.78 is 10.1. The van der Waals surface area contributed by atoms with Crippen LogP contribution in [0.2, 0.25) is 0 Å². The minimum Gasteiger partial charge on any atom is -0.496 e. The van der Waals surface area contributed by atoms with E-state index in [4.69, 9.17) is 9.47 Å². The number of nitrogens with one attached hydrogen (secondary N) is 2. The summed E-state index contributed by atoms with van der Waals surface area (Å²) >= 11 is 0. The van der Waals surface area contributed by atoms with Crippen LogP contribution in [0.1, 0.15) is 16.8 Å². The highest BCUT2D eigenvalue weighted by Crippen LogP contribution is 2.17. The lowest BCUT2D eigenvalue weighted by Gasteiger charge is -2.13. The van der Waals surface area contributed by atoms with Crippen molar-refractivity contribution >= 4 is 29.2 Å². The van der Waals surface area contributed by atoms with E-state index in [1.54, 1.807) is 36.4 Å². The van der Waals surface area contributed by atoms with Crippen LogP contribution in [0.25, 0.3) is 0 Å². The van der Waals surface area contributed by atoms with Gasteiger partial charge in [0, 0.05) is 32.0 Å². The third-order valence-electron chi connectivity index (χ3n) is 4.00. The highest BCUT2D eigenvalue weighted by Gasteiger charge is 2.12. The lowest BCUT2D eigenvalue weighted by molar-refractivity contribution is -0.147. The first-order valence-corrected chi connectivity index (χ1v) is 9.04. The predicted molar refractivity (Wildman–Crippen MR) is 110 cm³/mol. The fraction of sp³-hybridized carbons (Fsp3) is 0.286. The summed E-state index contributed by atoms with van der Waals surface area (Å²) in [6, 6.07) is 14.0. The number of carbonyl (C=O) groups excluding carboxylic acids is 3. The highest BCUT2D eigenvalue weighted by atomic mass is 16.5. The quantitative estimate of drug-likeness (QED) is 0.627. The number of methoxy groups -OCH3 is 1. The van der Waals surface area contributed by atoms with Crippen LogP contribution in [0.5, 0.6) is 5.75 Å². The number of carbonyl (C=O) groups is 3. The number of benzene rings is 2. The molecule has 0 atom stereocenters. The third kappa shape index (κ3) is 6.84. The van der Waals surface area contributed by atoms with Gasteiger partial charge in [-0.2, -0.15) is 0 Å². The van der Waals surface area contributed by atoms with E-state index in [1.165, 1.54) is 7.11 Å². The van der Waals surface area contributed by atoms with Gasteiger partial charge in [-0.05, 0) is 36.4 Å². The van der Waals surface area contributed by atoms with E-state index >= 15 is 0 Å². The van der Waals surface area contributed by atoms with Crippen molar-refractivity contribution in [2.75, 3.05) is 44.6 Å². The molecule has 154 valence electrons. The number of amides is 2. The molecule has 0 bridgehead atoms. The zero-order valence-corrected chi connectivity index (χ0v) is 16.7. The molecule has 29 heavy (non-hydrogen) atoms. The Morgan fingerprint density at radius 2 is 1.69 bits per heavy atom. The number of hydrogen-bond acceptors (Lipinski definition) is 6. The Hall–Kier alpha value is -3.55. The number of esters is 1. The van der Waals surface area contributed by atoms with E-state index in [0.717, 1.165) is 5.69 Å². The molecule has 0 aromatic heterocycles. The SMILES string of the molecule is COc1ccccc1C(=O)NCCC(=O)OCC(=O)Nc1ccc(N(C)C)cc1. The normalized spacial score (nSPS) is 10.0. The van der Waals surface area contributed by atoms with E-state index in [2.05, 4.69) is 10.6 Å². The number of hydrogen-bond donors (Lipinski definition) is 2. The Morgan fingerprint density at radius 3 is 2.34 bits per heavy atom. The Morgan fingerprint density at radius 1 is 1.00 bits per heavy atom. The summed E-state index contributed by atoms with van der Waals surface area (Å²) in [6.45, 7) is -0.307. The van der Waals surface area contributed by atoms with Crippen LogP contribution in [0, 0.1) is 0 Å². The zero-order valence-electron chi connectivity index (χ0n) is 16.7. The van der Waals surface area contributed by atoms with Gasteiger partial charge >= 0.3 is 5.97 Å². The second-order valence-electron chi connectivity index (χ2n) is 6.36. The van der Waals surface area contributed by atoms with Gasteiger partial charge in [0.05, 0.1) is 19.1 Å².